The van der Waals surface area contributed by atoms with Crippen molar-refractivity contribution in [2.75, 3.05) is 5.32 Å². The van der Waals surface area contributed by atoms with Gasteiger partial charge in [-0.3, -0.25) is 0 Å². The molecule has 2 aromatic carbocycles. The van der Waals surface area contributed by atoms with Gasteiger partial charge in [0, 0.05) is 17.1 Å². The van der Waals surface area contributed by atoms with Gasteiger partial charge in [-0.05, 0) is 24.4 Å². The fourth-order valence-corrected chi connectivity index (χ4v) is 2.60. The number of rotatable bonds is 3. The Morgan fingerprint density at radius 2 is 1.90 bits per heavy atom. The average molecular weight is 299 g/mol. The zero-order valence-electron chi connectivity index (χ0n) is 11.5. The summed E-state index contributed by atoms with van der Waals surface area (Å²) in [6.07, 6.45) is 1.64. The number of nitrogens with zero attached hydrogens (tertiary/aromatic N) is 1. The maximum atomic E-state index is 10.5. The normalized spacial score (nSPS) is 12.3. The quantitative estimate of drug-likeness (QED) is 0.685. The van der Waals surface area contributed by atoms with E-state index >= 15 is 0 Å². The molecule has 0 spiro atoms. The Morgan fingerprint density at radius 3 is 2.71 bits per heavy atom. The van der Waals surface area contributed by atoms with Gasteiger partial charge < -0.3 is 10.4 Å². The largest absolute Gasteiger partial charge is 0.507 e. The van der Waals surface area contributed by atoms with Gasteiger partial charge in [0.15, 0.2) is 5.15 Å². The number of nitrogens with one attached hydrogen (secondary N) is 1. The van der Waals surface area contributed by atoms with Crippen LogP contribution >= 0.6 is 11.6 Å². The second-order valence-electron chi connectivity index (χ2n) is 4.93. The molecule has 0 aliphatic carbocycles. The van der Waals surface area contributed by atoms with Crippen molar-refractivity contribution in [3.05, 3.63) is 65.4 Å². The number of halogens is 1. The molecule has 21 heavy (non-hydrogen) atoms. The lowest BCUT2D eigenvalue weighted by Crippen LogP contribution is -2.07. The molecule has 0 saturated heterocycles. The molecule has 1 unspecified atom stereocenters. The third-order valence-electron chi connectivity index (χ3n) is 3.53. The molecule has 1 aromatic heterocycles. The topological polar surface area (TPSA) is 45.2 Å². The number of aromatic nitrogens is 1. The zero-order chi connectivity index (χ0) is 14.8. The van der Waals surface area contributed by atoms with Crippen LogP contribution in [0.4, 0.5) is 5.69 Å². The standard InChI is InChI=1S/C17H15ClN2O/c1-11(20-15-7-4-10-19-17(15)18)13-9-8-12-5-2-3-6-14(12)16(13)21/h2-11,20-21H,1H3. The van der Waals surface area contributed by atoms with Gasteiger partial charge in [-0.25, -0.2) is 4.98 Å². The third-order valence-corrected chi connectivity index (χ3v) is 3.83. The Morgan fingerprint density at radius 1 is 1.10 bits per heavy atom. The van der Waals surface area contributed by atoms with Crippen molar-refractivity contribution in [3.63, 3.8) is 0 Å². The molecule has 0 bridgehead atoms. The van der Waals surface area contributed by atoms with Crippen LogP contribution in [0.3, 0.4) is 0 Å². The number of fused-ring (bicyclic) bond motifs is 1. The minimum atomic E-state index is -0.0868. The summed E-state index contributed by atoms with van der Waals surface area (Å²) in [6.45, 7) is 1.98. The zero-order valence-corrected chi connectivity index (χ0v) is 12.3. The van der Waals surface area contributed by atoms with Gasteiger partial charge in [0.05, 0.1) is 11.7 Å². The summed E-state index contributed by atoms with van der Waals surface area (Å²) in [5, 5.41) is 16.0. The predicted octanol–water partition coefficient (Wildman–Crippen LogP) is 4.77. The summed E-state index contributed by atoms with van der Waals surface area (Å²) in [6, 6.07) is 15.3. The molecule has 3 nitrogen and oxygen atoms in total. The fourth-order valence-electron chi connectivity index (χ4n) is 2.43. The maximum Gasteiger partial charge on any atom is 0.152 e. The molecule has 2 N–H and O–H groups in total. The summed E-state index contributed by atoms with van der Waals surface area (Å²) in [7, 11) is 0. The Bertz CT molecular complexity index is 789. The first kappa shape index (κ1) is 13.7. The van der Waals surface area contributed by atoms with Crippen LogP contribution in [0.1, 0.15) is 18.5 Å². The minimum absolute atomic E-state index is 0.0868. The number of pyridine rings is 1. The first-order valence-corrected chi connectivity index (χ1v) is 7.12. The van der Waals surface area contributed by atoms with Gasteiger partial charge >= 0.3 is 0 Å². The van der Waals surface area contributed by atoms with E-state index in [1.165, 1.54) is 0 Å². The summed E-state index contributed by atoms with van der Waals surface area (Å²) < 4.78 is 0. The van der Waals surface area contributed by atoms with Gasteiger partial charge in [-0.2, -0.15) is 0 Å². The number of hydrogen-bond donors (Lipinski definition) is 2. The van der Waals surface area contributed by atoms with Crippen LogP contribution in [0.15, 0.2) is 54.7 Å². The van der Waals surface area contributed by atoms with Crippen LogP contribution in [0, 0.1) is 0 Å². The minimum Gasteiger partial charge on any atom is -0.507 e. The van der Waals surface area contributed by atoms with Crippen LogP contribution in [0.25, 0.3) is 10.8 Å². The second kappa shape index (κ2) is 5.62. The molecule has 0 saturated carbocycles. The van der Waals surface area contributed by atoms with E-state index in [2.05, 4.69) is 10.3 Å². The monoisotopic (exact) mass is 298 g/mol. The SMILES string of the molecule is CC(Nc1cccnc1Cl)c1ccc2ccccc2c1O. The number of benzene rings is 2. The van der Waals surface area contributed by atoms with Crippen LogP contribution in [0.2, 0.25) is 5.15 Å². The van der Waals surface area contributed by atoms with Gasteiger partial charge in [0.25, 0.3) is 0 Å². The van der Waals surface area contributed by atoms with Crippen molar-refractivity contribution >= 4 is 28.1 Å². The first-order chi connectivity index (χ1) is 10.2. The van der Waals surface area contributed by atoms with Gasteiger partial charge in [0.1, 0.15) is 5.75 Å². The highest BCUT2D eigenvalue weighted by Crippen LogP contribution is 2.34. The lowest BCUT2D eigenvalue weighted by Gasteiger charge is -2.18. The number of phenolic OH excluding ortho intramolecular Hbond substituents is 1. The first-order valence-electron chi connectivity index (χ1n) is 6.74. The summed E-state index contributed by atoms with van der Waals surface area (Å²) in [5.74, 6) is 0.299. The highest BCUT2D eigenvalue weighted by molar-refractivity contribution is 6.31. The fraction of sp³-hybridized carbons (Fsp3) is 0.118. The highest BCUT2D eigenvalue weighted by atomic mass is 35.5. The summed E-state index contributed by atoms with van der Waals surface area (Å²) in [4.78, 5) is 4.04. The number of phenols is 1. The van der Waals surface area contributed by atoms with E-state index in [0.29, 0.717) is 10.9 Å². The van der Waals surface area contributed by atoms with E-state index in [1.54, 1.807) is 6.20 Å². The van der Waals surface area contributed by atoms with Gasteiger partial charge in [-0.1, -0.05) is 48.0 Å². The van der Waals surface area contributed by atoms with Crippen molar-refractivity contribution in [1.82, 2.24) is 4.98 Å². The van der Waals surface area contributed by atoms with Crippen LogP contribution in [0.5, 0.6) is 5.75 Å². The Hall–Kier alpha value is -2.26. The average Bonchev–Trinajstić information content (AvgIpc) is 2.50. The maximum absolute atomic E-state index is 10.5. The molecule has 4 heteroatoms. The molecule has 3 aromatic rings. The Balaban J connectivity index is 1.97. The van der Waals surface area contributed by atoms with Gasteiger partial charge in [-0.15, -0.1) is 0 Å². The van der Waals surface area contributed by atoms with E-state index < -0.39 is 0 Å². The van der Waals surface area contributed by atoms with Gasteiger partial charge in [0.2, 0.25) is 0 Å². The van der Waals surface area contributed by atoms with Crippen molar-refractivity contribution < 1.29 is 5.11 Å². The van der Waals surface area contributed by atoms with E-state index in [4.69, 9.17) is 11.6 Å². The molecule has 0 fully saturated rings. The van der Waals surface area contributed by atoms with E-state index in [0.717, 1.165) is 22.0 Å². The van der Waals surface area contributed by atoms with E-state index in [-0.39, 0.29) is 6.04 Å². The van der Waals surface area contributed by atoms with Crippen molar-refractivity contribution in [2.45, 2.75) is 13.0 Å². The van der Waals surface area contributed by atoms with Crippen molar-refractivity contribution in [1.29, 1.82) is 0 Å². The van der Waals surface area contributed by atoms with Crippen molar-refractivity contribution in [2.24, 2.45) is 0 Å². The van der Waals surface area contributed by atoms with Crippen LogP contribution < -0.4 is 5.32 Å². The molecule has 0 aliphatic rings. The summed E-state index contributed by atoms with van der Waals surface area (Å²) in [5.41, 5.74) is 1.58. The number of hydrogen-bond acceptors (Lipinski definition) is 3. The summed E-state index contributed by atoms with van der Waals surface area (Å²) >= 11 is 6.05. The van der Waals surface area contributed by atoms with E-state index in [1.807, 2.05) is 55.5 Å². The number of anilines is 1. The highest BCUT2D eigenvalue weighted by Gasteiger charge is 2.14. The smallest absolute Gasteiger partial charge is 0.152 e. The molecular weight excluding hydrogens is 284 g/mol. The molecule has 0 aliphatic heterocycles. The lowest BCUT2D eigenvalue weighted by atomic mass is 10.0. The van der Waals surface area contributed by atoms with Crippen molar-refractivity contribution in [3.8, 4) is 5.75 Å². The third kappa shape index (κ3) is 2.65. The number of aromatic hydroxyl groups is 1. The predicted molar refractivity (Wildman–Crippen MR) is 86.9 cm³/mol. The van der Waals surface area contributed by atoms with Crippen LogP contribution in [-0.4, -0.2) is 10.1 Å². The molecular formula is C17H15ClN2O. The Kier molecular flexibility index (Phi) is 3.67. The van der Waals surface area contributed by atoms with E-state index in [9.17, 15) is 5.11 Å². The molecule has 0 amide bonds. The second-order valence-corrected chi connectivity index (χ2v) is 5.29. The van der Waals surface area contributed by atoms with Crippen LogP contribution in [-0.2, 0) is 0 Å². The Labute approximate surface area is 128 Å². The molecule has 1 heterocycles. The molecule has 1 atom stereocenters. The molecule has 0 radical (unpaired) electrons. The lowest BCUT2D eigenvalue weighted by molar-refractivity contribution is 0.472. The molecule has 3 rings (SSSR count). The molecule has 106 valence electrons.